The zero-order chi connectivity index (χ0) is 17.1. The minimum Gasteiger partial charge on any atom is -0.353 e. The van der Waals surface area contributed by atoms with E-state index in [1.54, 1.807) is 6.20 Å². The van der Waals surface area contributed by atoms with Gasteiger partial charge in [-0.15, -0.1) is 0 Å². The highest BCUT2D eigenvalue weighted by Crippen LogP contribution is 2.25. The Hall–Kier alpha value is -2.13. The molecule has 24 heavy (non-hydrogen) atoms. The number of anilines is 1. The molecule has 3 heterocycles. The lowest BCUT2D eigenvalue weighted by molar-refractivity contribution is -0.130. The van der Waals surface area contributed by atoms with Crippen LogP contribution in [0.1, 0.15) is 38.3 Å². The van der Waals surface area contributed by atoms with Gasteiger partial charge >= 0.3 is 0 Å². The molecule has 0 aromatic carbocycles. The Bertz CT molecular complexity index is 711. The normalized spacial score (nSPS) is 21.5. The monoisotopic (exact) mass is 345 g/mol. The summed E-state index contributed by atoms with van der Waals surface area (Å²) >= 11 is 6.00. The summed E-state index contributed by atoms with van der Waals surface area (Å²) in [6.07, 6.45) is 7.33. The molecule has 1 fully saturated rings. The molecule has 1 saturated heterocycles. The standard InChI is InChI=1S/C17H20ClN5O/c1-2-12-5-3-8-23(17(12)24)13-6-4-7-22(11-13)15-10-20-14(9-19)16(18)21-15/h5,10,13H,2-4,6-8,11H2,1H3/t13-/m1/s1. The van der Waals surface area contributed by atoms with Crippen molar-refractivity contribution in [3.8, 4) is 6.07 Å². The van der Waals surface area contributed by atoms with Gasteiger partial charge in [-0.25, -0.2) is 9.97 Å². The van der Waals surface area contributed by atoms with Crippen molar-refractivity contribution in [1.82, 2.24) is 14.9 Å². The van der Waals surface area contributed by atoms with Crippen LogP contribution in [0.5, 0.6) is 0 Å². The summed E-state index contributed by atoms with van der Waals surface area (Å²) in [7, 11) is 0. The molecule has 2 aliphatic rings. The lowest BCUT2D eigenvalue weighted by Crippen LogP contribution is -2.52. The molecule has 126 valence electrons. The highest BCUT2D eigenvalue weighted by Gasteiger charge is 2.31. The zero-order valence-electron chi connectivity index (χ0n) is 13.7. The van der Waals surface area contributed by atoms with Gasteiger partial charge in [0.05, 0.1) is 6.20 Å². The van der Waals surface area contributed by atoms with Gasteiger partial charge in [-0.1, -0.05) is 24.6 Å². The number of rotatable bonds is 3. The van der Waals surface area contributed by atoms with Gasteiger partial charge in [0, 0.05) is 31.2 Å². The van der Waals surface area contributed by atoms with Crippen LogP contribution in [0.4, 0.5) is 5.82 Å². The summed E-state index contributed by atoms with van der Waals surface area (Å²) in [5, 5.41) is 9.04. The number of aromatic nitrogens is 2. The Morgan fingerprint density at radius 2 is 2.29 bits per heavy atom. The van der Waals surface area contributed by atoms with Gasteiger partial charge in [-0.05, 0) is 25.7 Å². The van der Waals surface area contributed by atoms with Crippen LogP contribution in [0.15, 0.2) is 17.8 Å². The van der Waals surface area contributed by atoms with E-state index in [1.165, 1.54) is 0 Å². The maximum absolute atomic E-state index is 12.6. The van der Waals surface area contributed by atoms with Gasteiger partial charge in [0.15, 0.2) is 10.8 Å². The first-order valence-electron chi connectivity index (χ1n) is 8.31. The lowest BCUT2D eigenvalue weighted by Gasteiger charge is -2.41. The molecule has 3 rings (SSSR count). The first kappa shape index (κ1) is 16.7. The van der Waals surface area contributed by atoms with E-state index in [-0.39, 0.29) is 22.8 Å². The van der Waals surface area contributed by atoms with Crippen LogP contribution in [0.25, 0.3) is 0 Å². The van der Waals surface area contributed by atoms with Gasteiger partial charge in [0.25, 0.3) is 0 Å². The lowest BCUT2D eigenvalue weighted by atomic mass is 9.99. The molecule has 0 spiro atoms. The van der Waals surface area contributed by atoms with Gasteiger partial charge < -0.3 is 9.80 Å². The Kier molecular flexibility index (Phi) is 5.00. The first-order valence-corrected chi connectivity index (χ1v) is 8.69. The van der Waals surface area contributed by atoms with Crippen LogP contribution in [0.3, 0.4) is 0 Å². The number of nitrogens with zero attached hydrogens (tertiary/aromatic N) is 5. The van der Waals surface area contributed by atoms with Crippen LogP contribution in [0.2, 0.25) is 5.15 Å². The molecule has 1 atom stereocenters. The molecule has 0 saturated carbocycles. The third-order valence-electron chi connectivity index (χ3n) is 4.66. The summed E-state index contributed by atoms with van der Waals surface area (Å²) in [6.45, 7) is 4.38. The molecule has 0 unspecified atom stereocenters. The van der Waals surface area contributed by atoms with Crippen molar-refractivity contribution in [3.63, 3.8) is 0 Å². The molecule has 0 radical (unpaired) electrons. The van der Waals surface area contributed by atoms with Gasteiger partial charge in [-0.2, -0.15) is 5.26 Å². The Labute approximate surface area is 146 Å². The van der Waals surface area contributed by atoms with Crippen molar-refractivity contribution >= 4 is 23.3 Å². The van der Waals surface area contributed by atoms with Crippen molar-refractivity contribution in [3.05, 3.63) is 28.7 Å². The molecular weight excluding hydrogens is 326 g/mol. The second kappa shape index (κ2) is 7.18. The van der Waals surface area contributed by atoms with Crippen molar-refractivity contribution in [2.75, 3.05) is 24.5 Å². The molecule has 0 aliphatic carbocycles. The zero-order valence-corrected chi connectivity index (χ0v) is 14.5. The van der Waals surface area contributed by atoms with Crippen LogP contribution < -0.4 is 4.90 Å². The third kappa shape index (κ3) is 3.22. The third-order valence-corrected chi connectivity index (χ3v) is 4.93. The smallest absolute Gasteiger partial charge is 0.249 e. The van der Waals surface area contributed by atoms with Gasteiger partial charge in [-0.3, -0.25) is 4.79 Å². The predicted octanol–water partition coefficient (Wildman–Crippen LogP) is 2.54. The molecule has 7 heteroatoms. The summed E-state index contributed by atoms with van der Waals surface area (Å²) in [6, 6.07) is 2.10. The molecule has 0 bridgehead atoms. The Morgan fingerprint density at radius 1 is 1.46 bits per heavy atom. The fraction of sp³-hybridized carbons (Fsp3) is 0.529. The summed E-state index contributed by atoms with van der Waals surface area (Å²) in [4.78, 5) is 25.0. The molecule has 1 amide bonds. The van der Waals surface area contributed by atoms with E-state index in [0.29, 0.717) is 5.82 Å². The Morgan fingerprint density at radius 3 is 3.00 bits per heavy atom. The van der Waals surface area contributed by atoms with E-state index in [2.05, 4.69) is 20.9 Å². The number of hydrogen-bond acceptors (Lipinski definition) is 5. The predicted molar refractivity (Wildman–Crippen MR) is 91.7 cm³/mol. The van der Waals surface area contributed by atoms with E-state index in [4.69, 9.17) is 16.9 Å². The number of piperidine rings is 1. The quantitative estimate of drug-likeness (QED) is 0.841. The van der Waals surface area contributed by atoms with Crippen LogP contribution in [-0.4, -0.2) is 46.5 Å². The maximum atomic E-state index is 12.6. The van der Waals surface area contributed by atoms with E-state index >= 15 is 0 Å². The number of halogens is 1. The second-order valence-electron chi connectivity index (χ2n) is 6.09. The van der Waals surface area contributed by atoms with E-state index in [0.717, 1.165) is 50.9 Å². The SMILES string of the molecule is CCC1=CCCN([C@@H]2CCCN(c3cnc(C#N)c(Cl)n3)C2)C1=O. The number of carbonyl (C=O) groups excluding carboxylic acids is 1. The van der Waals surface area contributed by atoms with E-state index in [1.807, 2.05) is 17.9 Å². The van der Waals surface area contributed by atoms with Crippen molar-refractivity contribution in [2.24, 2.45) is 0 Å². The highest BCUT2D eigenvalue weighted by atomic mass is 35.5. The van der Waals surface area contributed by atoms with Crippen LogP contribution in [-0.2, 0) is 4.79 Å². The fourth-order valence-electron chi connectivity index (χ4n) is 3.40. The molecule has 6 nitrogen and oxygen atoms in total. The number of nitriles is 1. The highest BCUT2D eigenvalue weighted by molar-refractivity contribution is 6.30. The van der Waals surface area contributed by atoms with E-state index < -0.39 is 0 Å². The minimum absolute atomic E-state index is 0.127. The van der Waals surface area contributed by atoms with E-state index in [9.17, 15) is 4.79 Å². The first-order chi connectivity index (χ1) is 11.6. The molecule has 0 N–H and O–H groups in total. The maximum Gasteiger partial charge on any atom is 0.249 e. The van der Waals surface area contributed by atoms with Crippen molar-refractivity contribution < 1.29 is 4.79 Å². The van der Waals surface area contributed by atoms with Crippen LogP contribution >= 0.6 is 11.6 Å². The van der Waals surface area contributed by atoms with Crippen molar-refractivity contribution in [1.29, 1.82) is 5.26 Å². The largest absolute Gasteiger partial charge is 0.353 e. The molecule has 1 aromatic heterocycles. The average Bonchev–Trinajstić information content (AvgIpc) is 2.62. The number of hydrogen-bond donors (Lipinski definition) is 0. The summed E-state index contributed by atoms with van der Waals surface area (Å²) in [5.41, 5.74) is 1.05. The summed E-state index contributed by atoms with van der Waals surface area (Å²) < 4.78 is 0. The van der Waals surface area contributed by atoms with Gasteiger partial charge in [0.2, 0.25) is 5.91 Å². The molecule has 1 aromatic rings. The fourth-order valence-corrected chi connectivity index (χ4v) is 3.58. The molecule has 2 aliphatic heterocycles. The van der Waals surface area contributed by atoms with Gasteiger partial charge in [0.1, 0.15) is 11.9 Å². The number of carbonyl (C=O) groups is 1. The minimum atomic E-state index is 0.127. The number of amides is 1. The topological polar surface area (TPSA) is 73.1 Å². The Balaban J connectivity index is 1.75. The van der Waals surface area contributed by atoms with Crippen molar-refractivity contribution in [2.45, 2.75) is 38.6 Å². The average molecular weight is 346 g/mol. The van der Waals surface area contributed by atoms with Crippen LogP contribution in [0, 0.1) is 11.3 Å². The molecular formula is C17H20ClN5O. The second-order valence-corrected chi connectivity index (χ2v) is 6.45. The summed E-state index contributed by atoms with van der Waals surface area (Å²) in [5.74, 6) is 0.832.